The fourth-order valence-electron chi connectivity index (χ4n) is 3.16. The van der Waals surface area contributed by atoms with Crippen molar-refractivity contribution in [2.45, 2.75) is 41.2 Å². The number of fused-ring (bicyclic) bond motifs is 1. The molecule has 0 amide bonds. The van der Waals surface area contributed by atoms with Crippen LogP contribution >= 0.6 is 0 Å². The maximum Gasteiger partial charge on any atom is 0.158 e. The van der Waals surface area contributed by atoms with Crippen molar-refractivity contribution in [3.05, 3.63) is 28.7 Å². The smallest absolute Gasteiger partial charge is 0.158 e. The summed E-state index contributed by atoms with van der Waals surface area (Å²) in [5.41, 5.74) is 7.49. The fraction of sp³-hybridized carbons (Fsp3) is 0.438. The molecule has 0 saturated heterocycles. The Morgan fingerprint density at radius 3 is 2.38 bits per heavy atom. The van der Waals surface area contributed by atoms with Crippen LogP contribution in [-0.2, 0) is 13.6 Å². The van der Waals surface area contributed by atoms with Crippen LogP contribution in [0.3, 0.4) is 0 Å². The summed E-state index contributed by atoms with van der Waals surface area (Å²) in [4.78, 5) is 4.84. The summed E-state index contributed by atoms with van der Waals surface area (Å²) in [5.74, 6) is 0. The van der Waals surface area contributed by atoms with E-state index in [0.717, 1.165) is 40.2 Å². The maximum absolute atomic E-state index is 4.84. The summed E-state index contributed by atoms with van der Waals surface area (Å²) in [6.07, 6.45) is 0. The van der Waals surface area contributed by atoms with E-state index in [1.165, 1.54) is 11.3 Å². The monoisotopic (exact) mass is 283 g/mol. The average molecular weight is 283 g/mol. The van der Waals surface area contributed by atoms with Gasteiger partial charge in [-0.2, -0.15) is 10.2 Å². The lowest BCUT2D eigenvalue weighted by molar-refractivity contribution is 0.634. The van der Waals surface area contributed by atoms with Gasteiger partial charge in [0, 0.05) is 30.2 Å². The molecule has 0 aliphatic rings. The number of aromatic nitrogens is 5. The van der Waals surface area contributed by atoms with E-state index in [1.807, 2.05) is 30.3 Å². The Morgan fingerprint density at radius 2 is 1.76 bits per heavy atom. The van der Waals surface area contributed by atoms with Gasteiger partial charge in [-0.05, 0) is 46.2 Å². The van der Waals surface area contributed by atoms with Gasteiger partial charge in [0.15, 0.2) is 5.65 Å². The van der Waals surface area contributed by atoms with Crippen molar-refractivity contribution in [2.75, 3.05) is 0 Å². The van der Waals surface area contributed by atoms with Gasteiger partial charge >= 0.3 is 0 Å². The van der Waals surface area contributed by atoms with Crippen molar-refractivity contribution in [3.8, 4) is 11.3 Å². The molecule has 110 valence electrons. The highest BCUT2D eigenvalue weighted by Crippen LogP contribution is 2.30. The van der Waals surface area contributed by atoms with Crippen LogP contribution in [0.2, 0.25) is 0 Å². The van der Waals surface area contributed by atoms with Crippen molar-refractivity contribution in [1.82, 2.24) is 24.5 Å². The topological polar surface area (TPSA) is 48.5 Å². The molecule has 0 aliphatic heterocycles. The second-order valence-electron chi connectivity index (χ2n) is 5.59. The molecular weight excluding hydrogens is 262 g/mol. The summed E-state index contributed by atoms with van der Waals surface area (Å²) in [7, 11) is 1.95. The van der Waals surface area contributed by atoms with E-state index in [2.05, 4.69) is 37.0 Å². The van der Waals surface area contributed by atoms with Crippen molar-refractivity contribution in [1.29, 1.82) is 0 Å². The third-order valence-electron chi connectivity index (χ3n) is 4.10. The molecule has 0 unspecified atom stereocenters. The first kappa shape index (κ1) is 13.8. The summed E-state index contributed by atoms with van der Waals surface area (Å²) in [6, 6.07) is 2.15. The van der Waals surface area contributed by atoms with Gasteiger partial charge < -0.3 is 0 Å². The van der Waals surface area contributed by atoms with Crippen LogP contribution < -0.4 is 0 Å². The summed E-state index contributed by atoms with van der Waals surface area (Å²) < 4.78 is 3.89. The van der Waals surface area contributed by atoms with Crippen LogP contribution in [0.5, 0.6) is 0 Å². The lowest BCUT2D eigenvalue weighted by Crippen LogP contribution is -1.99. The van der Waals surface area contributed by atoms with E-state index in [1.54, 1.807) is 0 Å². The Hall–Kier alpha value is -2.17. The van der Waals surface area contributed by atoms with E-state index < -0.39 is 0 Å². The molecule has 3 aromatic heterocycles. The normalized spacial score (nSPS) is 11.5. The molecule has 0 bridgehead atoms. The summed E-state index contributed by atoms with van der Waals surface area (Å²) in [6.45, 7) is 11.3. The Balaban J connectivity index is 2.32. The largest absolute Gasteiger partial charge is 0.269 e. The Morgan fingerprint density at radius 1 is 1.05 bits per heavy atom. The molecule has 0 radical (unpaired) electrons. The SMILES string of the molecule is CCn1nc(C)c(-c2cc(C)c3c(C)nn(C)c3n2)c1C. The second-order valence-corrected chi connectivity index (χ2v) is 5.59. The van der Waals surface area contributed by atoms with Gasteiger partial charge in [-0.15, -0.1) is 0 Å². The molecule has 0 saturated carbocycles. The van der Waals surface area contributed by atoms with Gasteiger partial charge in [0.05, 0.1) is 17.1 Å². The lowest BCUT2D eigenvalue weighted by Gasteiger charge is -2.06. The van der Waals surface area contributed by atoms with Gasteiger partial charge in [-0.3, -0.25) is 9.36 Å². The van der Waals surface area contributed by atoms with E-state index in [0.29, 0.717) is 0 Å². The first-order valence-corrected chi connectivity index (χ1v) is 7.29. The first-order valence-electron chi connectivity index (χ1n) is 7.29. The molecule has 3 heterocycles. The molecule has 5 nitrogen and oxygen atoms in total. The molecule has 0 atom stereocenters. The third kappa shape index (κ3) is 1.95. The van der Waals surface area contributed by atoms with Gasteiger partial charge in [0.1, 0.15) is 0 Å². The zero-order valence-electron chi connectivity index (χ0n) is 13.5. The number of hydrogen-bond donors (Lipinski definition) is 0. The van der Waals surface area contributed by atoms with Gasteiger partial charge in [-0.25, -0.2) is 4.98 Å². The molecule has 5 heteroatoms. The van der Waals surface area contributed by atoms with Crippen LogP contribution in [0.25, 0.3) is 22.3 Å². The lowest BCUT2D eigenvalue weighted by atomic mass is 10.1. The molecule has 0 aromatic carbocycles. The predicted molar refractivity (Wildman–Crippen MR) is 84.4 cm³/mol. The highest BCUT2D eigenvalue weighted by Gasteiger charge is 2.17. The minimum atomic E-state index is 0.874. The van der Waals surface area contributed by atoms with Gasteiger partial charge in [-0.1, -0.05) is 0 Å². The van der Waals surface area contributed by atoms with Crippen LogP contribution in [0.4, 0.5) is 0 Å². The van der Waals surface area contributed by atoms with Crippen LogP contribution in [0.1, 0.15) is 29.6 Å². The third-order valence-corrected chi connectivity index (χ3v) is 4.10. The number of hydrogen-bond acceptors (Lipinski definition) is 3. The summed E-state index contributed by atoms with van der Waals surface area (Å²) in [5, 5.41) is 10.2. The average Bonchev–Trinajstić information content (AvgIpc) is 2.87. The molecular formula is C16H21N5. The van der Waals surface area contributed by atoms with Crippen molar-refractivity contribution in [3.63, 3.8) is 0 Å². The van der Waals surface area contributed by atoms with Gasteiger partial charge in [0.2, 0.25) is 0 Å². The van der Waals surface area contributed by atoms with Crippen molar-refractivity contribution < 1.29 is 0 Å². The van der Waals surface area contributed by atoms with Crippen LogP contribution in [0.15, 0.2) is 6.07 Å². The number of aryl methyl sites for hydroxylation is 5. The van der Waals surface area contributed by atoms with E-state index >= 15 is 0 Å². The molecule has 3 aromatic rings. The summed E-state index contributed by atoms with van der Waals surface area (Å²) >= 11 is 0. The maximum atomic E-state index is 4.84. The van der Waals surface area contributed by atoms with Crippen LogP contribution in [-0.4, -0.2) is 24.5 Å². The van der Waals surface area contributed by atoms with E-state index in [-0.39, 0.29) is 0 Å². The molecule has 0 aliphatic carbocycles. The highest BCUT2D eigenvalue weighted by atomic mass is 15.3. The Labute approximate surface area is 124 Å². The van der Waals surface area contributed by atoms with E-state index in [4.69, 9.17) is 4.98 Å². The molecule has 0 fully saturated rings. The second kappa shape index (κ2) is 4.69. The zero-order valence-corrected chi connectivity index (χ0v) is 13.5. The minimum absolute atomic E-state index is 0.874. The number of rotatable bonds is 2. The highest BCUT2D eigenvalue weighted by molar-refractivity contribution is 5.85. The quantitative estimate of drug-likeness (QED) is 0.726. The van der Waals surface area contributed by atoms with Gasteiger partial charge in [0.25, 0.3) is 0 Å². The molecule has 3 rings (SSSR count). The minimum Gasteiger partial charge on any atom is -0.269 e. The standard InChI is InChI=1S/C16H21N5/c1-7-21-12(5)15(11(4)19-21)13-8-9(2)14-10(3)18-20(6)16(14)17-13/h8H,7H2,1-6H3. The Kier molecular flexibility index (Phi) is 3.08. The number of nitrogens with zero attached hydrogens (tertiary/aromatic N) is 5. The van der Waals surface area contributed by atoms with Crippen molar-refractivity contribution >= 4 is 11.0 Å². The van der Waals surface area contributed by atoms with Crippen LogP contribution in [0, 0.1) is 27.7 Å². The number of pyridine rings is 1. The Bertz CT molecular complexity index is 838. The molecule has 21 heavy (non-hydrogen) atoms. The molecule has 0 N–H and O–H groups in total. The first-order chi connectivity index (χ1) is 9.93. The predicted octanol–water partition coefficient (Wildman–Crippen LogP) is 3.09. The van der Waals surface area contributed by atoms with Crippen molar-refractivity contribution in [2.24, 2.45) is 7.05 Å². The van der Waals surface area contributed by atoms with E-state index in [9.17, 15) is 0 Å². The zero-order chi connectivity index (χ0) is 15.3. The fourth-order valence-corrected chi connectivity index (χ4v) is 3.16. The molecule has 0 spiro atoms.